The molecule has 0 bridgehead atoms. The van der Waals surface area contributed by atoms with Crippen molar-refractivity contribution in [1.29, 1.82) is 0 Å². The normalized spacial score (nSPS) is 29.9. The van der Waals surface area contributed by atoms with E-state index < -0.39 is 6.10 Å². The van der Waals surface area contributed by atoms with Gasteiger partial charge in [-0.15, -0.1) is 0 Å². The largest absolute Gasteiger partial charge is 0.391 e. The number of aliphatic hydroxyl groups excluding tert-OH is 1. The lowest BCUT2D eigenvalue weighted by atomic mass is 9.96. The topological polar surface area (TPSA) is 40.5 Å². The predicted octanol–water partition coefficient (Wildman–Crippen LogP) is 0.768. The second kappa shape index (κ2) is 2.71. The zero-order valence-corrected chi connectivity index (χ0v) is 8.29. The van der Waals surface area contributed by atoms with Crippen LogP contribution in [0.15, 0.2) is 0 Å². The summed E-state index contributed by atoms with van der Waals surface area (Å²) in [6.07, 6.45) is 2.33. The molecule has 1 unspecified atom stereocenters. The second-order valence-corrected chi connectivity index (χ2v) is 4.79. The predicted molar refractivity (Wildman–Crippen MR) is 49.1 cm³/mol. The summed E-state index contributed by atoms with van der Waals surface area (Å²) in [5, 5.41) is 9.37. The monoisotopic (exact) mass is 183 g/mol. The summed E-state index contributed by atoms with van der Waals surface area (Å²) >= 11 is 0. The van der Waals surface area contributed by atoms with E-state index in [-0.39, 0.29) is 11.4 Å². The molecule has 74 valence electrons. The molecule has 0 spiro atoms. The minimum Gasteiger partial charge on any atom is -0.391 e. The van der Waals surface area contributed by atoms with Gasteiger partial charge in [0.1, 0.15) is 0 Å². The first-order valence-electron chi connectivity index (χ1n) is 5.00. The van der Waals surface area contributed by atoms with E-state index in [0.29, 0.717) is 18.9 Å². The van der Waals surface area contributed by atoms with Gasteiger partial charge in [-0.3, -0.25) is 4.79 Å². The first-order chi connectivity index (χ1) is 6.01. The Morgan fingerprint density at radius 2 is 2.08 bits per heavy atom. The maximum atomic E-state index is 11.5. The highest BCUT2D eigenvalue weighted by Crippen LogP contribution is 2.44. The van der Waals surface area contributed by atoms with Crippen molar-refractivity contribution in [3.05, 3.63) is 0 Å². The molecule has 2 fully saturated rings. The molecule has 3 heteroatoms. The van der Waals surface area contributed by atoms with Gasteiger partial charge < -0.3 is 10.0 Å². The lowest BCUT2D eigenvalue weighted by molar-refractivity contribution is -0.132. The summed E-state index contributed by atoms with van der Waals surface area (Å²) in [5.41, 5.74) is -0.0332. The molecule has 1 saturated carbocycles. The second-order valence-electron chi connectivity index (χ2n) is 4.79. The van der Waals surface area contributed by atoms with Gasteiger partial charge in [-0.25, -0.2) is 0 Å². The van der Waals surface area contributed by atoms with Crippen LogP contribution in [-0.2, 0) is 4.79 Å². The lowest BCUT2D eigenvalue weighted by Crippen LogP contribution is -2.46. The number of aliphatic hydroxyl groups is 1. The molecule has 1 saturated heterocycles. The van der Waals surface area contributed by atoms with Crippen molar-refractivity contribution in [3.63, 3.8) is 0 Å². The average Bonchev–Trinajstić information content (AvgIpc) is 2.78. The zero-order valence-electron chi connectivity index (χ0n) is 8.29. The van der Waals surface area contributed by atoms with Gasteiger partial charge in [-0.1, -0.05) is 0 Å². The molecular weight excluding hydrogens is 166 g/mol. The van der Waals surface area contributed by atoms with Gasteiger partial charge >= 0.3 is 0 Å². The van der Waals surface area contributed by atoms with Crippen LogP contribution >= 0.6 is 0 Å². The van der Waals surface area contributed by atoms with Gasteiger partial charge in [-0.2, -0.15) is 0 Å². The maximum Gasteiger partial charge on any atom is 0.225 e. The first-order valence-corrected chi connectivity index (χ1v) is 5.00. The minimum absolute atomic E-state index is 0.0332. The Morgan fingerprint density at radius 1 is 1.46 bits per heavy atom. The molecule has 0 aromatic carbocycles. The van der Waals surface area contributed by atoms with Gasteiger partial charge in [0.25, 0.3) is 0 Å². The Kier molecular flexibility index (Phi) is 1.88. The van der Waals surface area contributed by atoms with E-state index in [1.165, 1.54) is 12.8 Å². The number of carbonyl (C=O) groups excluding carboxylic acids is 1. The molecule has 1 atom stereocenters. The van der Waals surface area contributed by atoms with E-state index in [1.54, 1.807) is 0 Å². The number of β-amino-alcohol motifs (C(OH)–C–C–N with tert-alkyl or cyclic N) is 1. The average molecular weight is 183 g/mol. The van der Waals surface area contributed by atoms with Crippen molar-refractivity contribution in [3.8, 4) is 0 Å². The Hall–Kier alpha value is -0.570. The summed E-state index contributed by atoms with van der Waals surface area (Å²) in [5.74, 6) is 0.770. The molecule has 3 nitrogen and oxygen atoms in total. The van der Waals surface area contributed by atoms with E-state index >= 15 is 0 Å². The molecule has 1 N–H and O–H groups in total. The standard InChI is InChI=1S/C10H17NO2/c1-10(2,7-3-4-7)11-6-8(12)5-9(11)13/h7-8,12H,3-6H2,1-2H3. The van der Waals surface area contributed by atoms with Crippen LogP contribution in [0, 0.1) is 5.92 Å². The van der Waals surface area contributed by atoms with Crippen molar-refractivity contribution < 1.29 is 9.90 Å². The van der Waals surface area contributed by atoms with Crippen LogP contribution in [0.4, 0.5) is 0 Å². The minimum atomic E-state index is -0.439. The zero-order chi connectivity index (χ0) is 9.64. The van der Waals surface area contributed by atoms with Gasteiger partial charge in [0.15, 0.2) is 0 Å². The molecule has 2 aliphatic rings. The summed E-state index contributed by atoms with van der Waals surface area (Å²) in [7, 11) is 0. The Bertz CT molecular complexity index is 233. The number of carbonyl (C=O) groups is 1. The van der Waals surface area contributed by atoms with Crippen molar-refractivity contribution >= 4 is 5.91 Å². The molecule has 1 aliphatic carbocycles. The van der Waals surface area contributed by atoms with Crippen molar-refractivity contribution in [2.45, 2.75) is 44.8 Å². The van der Waals surface area contributed by atoms with Crippen LogP contribution in [0.2, 0.25) is 0 Å². The van der Waals surface area contributed by atoms with Crippen molar-refractivity contribution in [2.24, 2.45) is 5.92 Å². The molecule has 0 aromatic heterocycles. The number of likely N-dealkylation sites (tertiary alicyclic amines) is 1. The summed E-state index contributed by atoms with van der Waals surface area (Å²) in [4.78, 5) is 13.4. The van der Waals surface area contributed by atoms with E-state index in [0.717, 1.165) is 0 Å². The quantitative estimate of drug-likeness (QED) is 0.687. The van der Waals surface area contributed by atoms with Gasteiger partial charge in [0.2, 0.25) is 5.91 Å². The van der Waals surface area contributed by atoms with Gasteiger partial charge in [0, 0.05) is 12.1 Å². The van der Waals surface area contributed by atoms with Gasteiger partial charge in [0.05, 0.1) is 12.5 Å². The smallest absolute Gasteiger partial charge is 0.225 e. The van der Waals surface area contributed by atoms with E-state index in [2.05, 4.69) is 13.8 Å². The number of nitrogens with zero attached hydrogens (tertiary/aromatic N) is 1. The van der Waals surface area contributed by atoms with Crippen LogP contribution in [0.25, 0.3) is 0 Å². The fourth-order valence-corrected chi connectivity index (χ4v) is 2.26. The van der Waals surface area contributed by atoms with Crippen LogP contribution in [0.3, 0.4) is 0 Å². The lowest BCUT2D eigenvalue weighted by Gasteiger charge is -2.35. The highest BCUT2D eigenvalue weighted by molar-refractivity contribution is 5.79. The molecule has 0 radical (unpaired) electrons. The van der Waals surface area contributed by atoms with E-state index in [4.69, 9.17) is 0 Å². The van der Waals surface area contributed by atoms with Crippen LogP contribution in [0.5, 0.6) is 0 Å². The van der Waals surface area contributed by atoms with E-state index in [9.17, 15) is 9.90 Å². The maximum absolute atomic E-state index is 11.5. The SMILES string of the molecule is CC(C)(C1CC1)N1CC(O)CC1=O. The summed E-state index contributed by atoms with van der Waals surface area (Å²) < 4.78 is 0. The van der Waals surface area contributed by atoms with E-state index in [1.807, 2.05) is 4.90 Å². The number of hydrogen-bond acceptors (Lipinski definition) is 2. The van der Waals surface area contributed by atoms with Crippen molar-refractivity contribution in [2.75, 3.05) is 6.54 Å². The highest BCUT2D eigenvalue weighted by Gasteiger charge is 2.46. The molecular formula is C10H17NO2. The van der Waals surface area contributed by atoms with Crippen molar-refractivity contribution in [1.82, 2.24) is 4.90 Å². The number of amides is 1. The van der Waals surface area contributed by atoms with Crippen LogP contribution in [-0.4, -0.2) is 34.1 Å². The summed E-state index contributed by atoms with van der Waals surface area (Å²) in [6.45, 7) is 4.75. The first kappa shape index (κ1) is 9.00. The Morgan fingerprint density at radius 3 is 2.46 bits per heavy atom. The van der Waals surface area contributed by atoms with Crippen LogP contribution in [0.1, 0.15) is 33.1 Å². The van der Waals surface area contributed by atoms with Crippen LogP contribution < -0.4 is 0 Å². The number of rotatable bonds is 2. The third-order valence-corrected chi connectivity index (χ3v) is 3.38. The Balaban J connectivity index is 2.11. The molecule has 1 heterocycles. The third-order valence-electron chi connectivity index (χ3n) is 3.38. The fourth-order valence-electron chi connectivity index (χ4n) is 2.26. The molecule has 1 aliphatic heterocycles. The Labute approximate surface area is 78.7 Å². The molecule has 1 amide bonds. The molecule has 2 rings (SSSR count). The molecule has 13 heavy (non-hydrogen) atoms. The molecule has 0 aromatic rings. The van der Waals surface area contributed by atoms with Gasteiger partial charge in [-0.05, 0) is 32.6 Å². The summed E-state index contributed by atoms with van der Waals surface area (Å²) in [6, 6.07) is 0. The fraction of sp³-hybridized carbons (Fsp3) is 0.900. The third kappa shape index (κ3) is 1.46. The highest BCUT2D eigenvalue weighted by atomic mass is 16.3. The number of hydrogen-bond donors (Lipinski definition) is 1.